The minimum atomic E-state index is -0.958. The first-order valence-electron chi connectivity index (χ1n) is 8.62. The van der Waals surface area contributed by atoms with Gasteiger partial charge in [0.2, 0.25) is 0 Å². The van der Waals surface area contributed by atoms with E-state index in [0.29, 0.717) is 22.7 Å². The third kappa shape index (κ3) is 6.65. The van der Waals surface area contributed by atoms with Crippen LogP contribution in [0.15, 0.2) is 47.6 Å². The number of amides is 3. The Balaban J connectivity index is 1.92. The molecule has 0 saturated carbocycles. The van der Waals surface area contributed by atoms with Gasteiger partial charge in [-0.2, -0.15) is 10.4 Å². The van der Waals surface area contributed by atoms with Crippen molar-refractivity contribution >= 4 is 29.6 Å². The van der Waals surface area contributed by atoms with Crippen molar-refractivity contribution in [3.63, 3.8) is 0 Å². The normalized spacial score (nSPS) is 10.1. The molecular weight excluding hydrogens is 390 g/mol. The zero-order chi connectivity index (χ0) is 21.9. The Bertz CT molecular complexity index is 996. The number of methoxy groups -OCH3 is 1. The summed E-state index contributed by atoms with van der Waals surface area (Å²) in [7, 11) is 1.42. The van der Waals surface area contributed by atoms with Crippen LogP contribution in [0, 0.1) is 11.3 Å². The smallest absolute Gasteiger partial charge is 0.329 e. The lowest BCUT2D eigenvalue weighted by Crippen LogP contribution is -2.32. The van der Waals surface area contributed by atoms with Gasteiger partial charge in [0.05, 0.1) is 25.8 Å². The fourth-order valence-corrected chi connectivity index (χ4v) is 2.23. The number of nitrogens with zero attached hydrogens (tertiary/aromatic N) is 2. The minimum Gasteiger partial charge on any atom is -0.493 e. The van der Waals surface area contributed by atoms with Gasteiger partial charge in [0, 0.05) is 5.69 Å². The molecule has 154 valence electrons. The van der Waals surface area contributed by atoms with Crippen molar-refractivity contribution in [1.82, 2.24) is 5.43 Å². The molecule has 10 heteroatoms. The lowest BCUT2D eigenvalue weighted by Gasteiger charge is -2.09. The molecule has 10 nitrogen and oxygen atoms in total. The molecule has 2 aromatic carbocycles. The quantitative estimate of drug-likeness (QED) is 0.331. The van der Waals surface area contributed by atoms with Crippen LogP contribution in [0.1, 0.15) is 11.1 Å². The third-order valence-electron chi connectivity index (χ3n) is 3.64. The van der Waals surface area contributed by atoms with Crippen LogP contribution < -0.4 is 25.9 Å². The van der Waals surface area contributed by atoms with Crippen molar-refractivity contribution < 1.29 is 23.9 Å². The number of hydrazone groups is 1. The molecule has 0 aliphatic rings. The minimum absolute atomic E-state index is 0.256. The standard InChI is InChI=1S/C20H19N5O5/c1-29-17-10-14(4-7-16(17)30-12-18(22)26)11-23-25-20(28)19(27)24-15-5-2-13(3-6-15)8-9-21/h2-7,10-11H,8,12H2,1H3,(H2,22,26)(H,24,27)(H,25,28)/b23-11+. The molecule has 4 N–H and O–H groups in total. The van der Waals surface area contributed by atoms with Crippen molar-refractivity contribution in [2.24, 2.45) is 10.8 Å². The van der Waals surface area contributed by atoms with Crippen LogP contribution in [0.3, 0.4) is 0 Å². The van der Waals surface area contributed by atoms with Gasteiger partial charge in [0.25, 0.3) is 5.91 Å². The summed E-state index contributed by atoms with van der Waals surface area (Å²) in [5.74, 6) is -1.82. The van der Waals surface area contributed by atoms with Gasteiger partial charge >= 0.3 is 11.8 Å². The summed E-state index contributed by atoms with van der Waals surface area (Å²) in [5.41, 5.74) is 8.91. The second-order valence-corrected chi connectivity index (χ2v) is 5.85. The summed E-state index contributed by atoms with van der Waals surface area (Å²) in [4.78, 5) is 34.6. The highest BCUT2D eigenvalue weighted by molar-refractivity contribution is 6.39. The Morgan fingerprint density at radius 3 is 2.50 bits per heavy atom. The molecule has 0 unspecified atom stereocenters. The van der Waals surface area contributed by atoms with Crippen LogP contribution in [-0.2, 0) is 20.8 Å². The van der Waals surface area contributed by atoms with E-state index in [2.05, 4.69) is 15.8 Å². The van der Waals surface area contributed by atoms with E-state index in [1.54, 1.807) is 42.5 Å². The third-order valence-corrected chi connectivity index (χ3v) is 3.64. The van der Waals surface area contributed by atoms with E-state index in [0.717, 1.165) is 5.56 Å². The molecule has 0 saturated heterocycles. The number of hydrogen-bond donors (Lipinski definition) is 3. The molecule has 0 heterocycles. The summed E-state index contributed by atoms with van der Waals surface area (Å²) >= 11 is 0. The molecule has 0 aliphatic heterocycles. The highest BCUT2D eigenvalue weighted by Gasteiger charge is 2.13. The molecular formula is C20H19N5O5. The number of nitriles is 1. The van der Waals surface area contributed by atoms with Gasteiger partial charge in [0.1, 0.15) is 0 Å². The van der Waals surface area contributed by atoms with Crippen LogP contribution in [0.5, 0.6) is 11.5 Å². The predicted molar refractivity (Wildman–Crippen MR) is 108 cm³/mol. The molecule has 0 aromatic heterocycles. The molecule has 0 bridgehead atoms. The van der Waals surface area contributed by atoms with Crippen LogP contribution in [0.2, 0.25) is 0 Å². The average molecular weight is 409 g/mol. The van der Waals surface area contributed by atoms with Gasteiger partial charge in [-0.15, -0.1) is 0 Å². The van der Waals surface area contributed by atoms with Gasteiger partial charge in [-0.1, -0.05) is 12.1 Å². The van der Waals surface area contributed by atoms with Crippen LogP contribution in [0.25, 0.3) is 0 Å². The molecule has 3 amide bonds. The Hall–Kier alpha value is -4.39. The number of primary amides is 1. The Morgan fingerprint density at radius 1 is 1.13 bits per heavy atom. The maximum atomic E-state index is 11.9. The van der Waals surface area contributed by atoms with E-state index < -0.39 is 17.7 Å². The van der Waals surface area contributed by atoms with Gasteiger partial charge in [-0.25, -0.2) is 5.43 Å². The Morgan fingerprint density at radius 2 is 1.87 bits per heavy atom. The number of carbonyl (C=O) groups is 3. The van der Waals surface area contributed by atoms with E-state index in [-0.39, 0.29) is 13.0 Å². The van der Waals surface area contributed by atoms with Crippen LogP contribution >= 0.6 is 0 Å². The van der Waals surface area contributed by atoms with E-state index in [1.165, 1.54) is 13.3 Å². The fraction of sp³-hybridized carbons (Fsp3) is 0.150. The van der Waals surface area contributed by atoms with Crippen LogP contribution in [-0.4, -0.2) is 37.7 Å². The van der Waals surface area contributed by atoms with Crippen molar-refractivity contribution in [1.29, 1.82) is 5.26 Å². The molecule has 0 radical (unpaired) electrons. The maximum absolute atomic E-state index is 11.9. The number of hydrogen-bond acceptors (Lipinski definition) is 7. The van der Waals surface area contributed by atoms with Gasteiger partial charge in [-0.3, -0.25) is 14.4 Å². The largest absolute Gasteiger partial charge is 0.493 e. The molecule has 2 rings (SSSR count). The first-order chi connectivity index (χ1) is 14.4. The number of rotatable bonds is 8. The first-order valence-corrected chi connectivity index (χ1v) is 8.62. The van der Waals surface area contributed by atoms with E-state index in [9.17, 15) is 14.4 Å². The topological polar surface area (TPSA) is 156 Å². The molecule has 0 aliphatic carbocycles. The average Bonchev–Trinajstić information content (AvgIpc) is 2.74. The monoisotopic (exact) mass is 409 g/mol. The van der Waals surface area contributed by atoms with E-state index >= 15 is 0 Å². The second kappa shape index (κ2) is 10.8. The van der Waals surface area contributed by atoms with Crippen molar-refractivity contribution in [2.75, 3.05) is 19.0 Å². The highest BCUT2D eigenvalue weighted by atomic mass is 16.5. The molecule has 0 atom stereocenters. The number of ether oxygens (including phenoxy) is 2. The SMILES string of the molecule is COc1cc(/C=N/NC(=O)C(=O)Nc2ccc(CC#N)cc2)ccc1OCC(N)=O. The van der Waals surface area contributed by atoms with Gasteiger partial charge in [0.15, 0.2) is 18.1 Å². The molecule has 0 fully saturated rings. The van der Waals surface area contributed by atoms with E-state index in [1.807, 2.05) is 6.07 Å². The lowest BCUT2D eigenvalue weighted by molar-refractivity contribution is -0.136. The molecule has 2 aromatic rings. The summed E-state index contributed by atoms with van der Waals surface area (Å²) in [6.07, 6.45) is 1.56. The highest BCUT2D eigenvalue weighted by Crippen LogP contribution is 2.27. The summed E-state index contributed by atoms with van der Waals surface area (Å²) < 4.78 is 10.4. The Kier molecular flexibility index (Phi) is 7.90. The summed E-state index contributed by atoms with van der Waals surface area (Å²) in [6, 6.07) is 13.3. The summed E-state index contributed by atoms with van der Waals surface area (Å²) in [5, 5.41) is 14.8. The first kappa shape index (κ1) is 21.9. The van der Waals surface area contributed by atoms with Crippen molar-refractivity contribution in [2.45, 2.75) is 6.42 Å². The zero-order valence-electron chi connectivity index (χ0n) is 16.0. The van der Waals surface area contributed by atoms with Crippen LogP contribution in [0.4, 0.5) is 5.69 Å². The van der Waals surface area contributed by atoms with Gasteiger partial charge < -0.3 is 20.5 Å². The number of benzene rings is 2. The number of carbonyl (C=O) groups excluding carboxylic acids is 3. The number of nitrogens with two attached hydrogens (primary N) is 1. The van der Waals surface area contributed by atoms with Crippen molar-refractivity contribution in [3.8, 4) is 17.6 Å². The number of anilines is 1. The van der Waals surface area contributed by atoms with Gasteiger partial charge in [-0.05, 0) is 41.5 Å². The zero-order valence-corrected chi connectivity index (χ0v) is 16.0. The number of nitrogens with one attached hydrogen (secondary N) is 2. The lowest BCUT2D eigenvalue weighted by atomic mass is 10.1. The summed E-state index contributed by atoms with van der Waals surface area (Å²) in [6.45, 7) is -0.296. The van der Waals surface area contributed by atoms with Crippen molar-refractivity contribution in [3.05, 3.63) is 53.6 Å². The van der Waals surface area contributed by atoms with E-state index in [4.69, 9.17) is 20.5 Å². The fourth-order valence-electron chi connectivity index (χ4n) is 2.23. The predicted octanol–water partition coefficient (Wildman–Crippen LogP) is 0.714. The second-order valence-electron chi connectivity index (χ2n) is 5.85. The Labute approximate surface area is 172 Å². The molecule has 30 heavy (non-hydrogen) atoms. The maximum Gasteiger partial charge on any atom is 0.329 e. The molecule has 0 spiro atoms.